The molecule has 1 atom stereocenters. The summed E-state index contributed by atoms with van der Waals surface area (Å²) in [6, 6.07) is 12.5. The van der Waals surface area contributed by atoms with E-state index >= 15 is 0 Å². The first kappa shape index (κ1) is 17.4. The minimum absolute atomic E-state index is 0.340. The molecule has 0 aliphatic heterocycles. The van der Waals surface area contributed by atoms with Gasteiger partial charge in [-0.05, 0) is 30.3 Å². The molecule has 0 heterocycles. The lowest BCUT2D eigenvalue weighted by atomic mass is 10.1. The minimum Gasteiger partial charge on any atom is -0.376 e. The summed E-state index contributed by atoms with van der Waals surface area (Å²) in [7, 11) is -1.27. The summed E-state index contributed by atoms with van der Waals surface area (Å²) < 4.78 is 34.9. The average Bonchev–Trinajstić information content (AvgIpc) is 2.60. The third-order valence-corrected chi connectivity index (χ3v) is 5.13. The molecule has 0 aliphatic carbocycles. The number of hydrogen-bond donors (Lipinski definition) is 1. The van der Waals surface area contributed by atoms with Crippen LogP contribution in [0.15, 0.2) is 48.5 Å². The Kier molecular flexibility index (Phi) is 5.70. The van der Waals surface area contributed by atoms with Gasteiger partial charge in [0.25, 0.3) is 0 Å². The number of hydrogen-bond acceptors (Lipinski definition) is 4. The Hall–Kier alpha value is -1.96. The van der Waals surface area contributed by atoms with Gasteiger partial charge >= 0.3 is 7.60 Å². The summed E-state index contributed by atoms with van der Waals surface area (Å²) in [6.07, 6.45) is 0. The molecule has 2 rings (SSSR count). The molecule has 0 saturated carbocycles. The lowest BCUT2D eigenvalue weighted by molar-refractivity contribution is 0.176. The maximum atomic E-state index is 12.9. The summed E-state index contributed by atoms with van der Waals surface area (Å²) >= 11 is 0. The molecule has 2 aromatic carbocycles. The van der Waals surface area contributed by atoms with Gasteiger partial charge < -0.3 is 14.2 Å². The Bertz CT molecular complexity index is 769. The van der Waals surface area contributed by atoms with Gasteiger partial charge in [-0.15, -0.1) is 0 Å². The zero-order chi connectivity index (χ0) is 16.9. The van der Waals surface area contributed by atoms with Crippen molar-refractivity contribution in [3.63, 3.8) is 0 Å². The van der Waals surface area contributed by atoms with E-state index in [1.807, 2.05) is 0 Å². The molecule has 1 unspecified atom stereocenters. The Morgan fingerprint density at radius 3 is 2.26 bits per heavy atom. The second-order valence-corrected chi connectivity index (χ2v) is 6.92. The molecule has 0 radical (unpaired) electrons. The van der Waals surface area contributed by atoms with Crippen molar-refractivity contribution in [2.24, 2.45) is 0 Å². The van der Waals surface area contributed by atoms with Crippen molar-refractivity contribution in [1.82, 2.24) is 0 Å². The average molecular weight is 334 g/mol. The first-order valence-electron chi connectivity index (χ1n) is 6.76. The van der Waals surface area contributed by atoms with E-state index in [0.717, 1.165) is 0 Å². The van der Waals surface area contributed by atoms with Crippen LogP contribution in [0, 0.1) is 17.7 Å². The standard InChI is InChI=1S/C17H16FO4P/c1-21-23(20,22-2)17(19)16-6-4-3-5-14(16)10-7-13-8-11-15(18)12-9-13/h3-6,8-9,11-12,17,19H,1-2H3. The molecular weight excluding hydrogens is 318 g/mol. The molecular formula is C17H16FO4P. The summed E-state index contributed by atoms with van der Waals surface area (Å²) in [6.45, 7) is 0. The summed E-state index contributed by atoms with van der Waals surface area (Å²) in [5.74, 6) is 3.97. The van der Waals surface area contributed by atoms with E-state index in [-0.39, 0.29) is 5.82 Å². The lowest BCUT2D eigenvalue weighted by Crippen LogP contribution is -2.04. The smallest absolute Gasteiger partial charge is 0.362 e. The highest BCUT2D eigenvalue weighted by Crippen LogP contribution is 2.58. The van der Waals surface area contributed by atoms with E-state index < -0.39 is 13.4 Å². The second kappa shape index (κ2) is 7.54. The second-order valence-electron chi connectivity index (χ2n) is 4.62. The number of halogens is 1. The van der Waals surface area contributed by atoms with Crippen LogP contribution in [-0.2, 0) is 13.6 Å². The van der Waals surface area contributed by atoms with Crippen LogP contribution in [0.25, 0.3) is 0 Å². The Morgan fingerprint density at radius 2 is 1.65 bits per heavy atom. The molecule has 0 bridgehead atoms. The Balaban J connectivity index is 2.39. The number of benzene rings is 2. The molecule has 6 heteroatoms. The highest BCUT2D eigenvalue weighted by molar-refractivity contribution is 7.54. The highest BCUT2D eigenvalue weighted by Gasteiger charge is 2.34. The predicted molar refractivity (Wildman–Crippen MR) is 85.4 cm³/mol. The molecule has 1 N–H and O–H groups in total. The van der Waals surface area contributed by atoms with Crippen molar-refractivity contribution in [2.45, 2.75) is 5.85 Å². The highest BCUT2D eigenvalue weighted by atomic mass is 31.2. The first-order valence-corrected chi connectivity index (χ1v) is 8.37. The molecule has 0 saturated heterocycles. The summed E-state index contributed by atoms with van der Waals surface area (Å²) in [4.78, 5) is 0. The van der Waals surface area contributed by atoms with Crippen LogP contribution in [0.3, 0.4) is 0 Å². The predicted octanol–water partition coefficient (Wildman–Crippen LogP) is 3.70. The zero-order valence-corrected chi connectivity index (χ0v) is 13.6. The van der Waals surface area contributed by atoms with Crippen LogP contribution >= 0.6 is 7.60 Å². The SMILES string of the molecule is COP(=O)(OC)C(O)c1ccccc1C#Cc1ccc(F)cc1. The van der Waals surface area contributed by atoms with Crippen LogP contribution in [0.2, 0.25) is 0 Å². The van der Waals surface area contributed by atoms with Crippen LogP contribution in [0.4, 0.5) is 4.39 Å². The largest absolute Gasteiger partial charge is 0.376 e. The minimum atomic E-state index is -3.69. The molecule has 0 fully saturated rings. The Morgan fingerprint density at radius 1 is 1.04 bits per heavy atom. The monoisotopic (exact) mass is 334 g/mol. The molecule has 4 nitrogen and oxygen atoms in total. The van der Waals surface area contributed by atoms with Gasteiger partial charge in [-0.1, -0.05) is 30.0 Å². The van der Waals surface area contributed by atoms with Gasteiger partial charge in [-0.3, -0.25) is 4.57 Å². The first-order chi connectivity index (χ1) is 11.0. The lowest BCUT2D eigenvalue weighted by Gasteiger charge is -2.20. The van der Waals surface area contributed by atoms with Crippen molar-refractivity contribution in [3.8, 4) is 11.8 Å². The quantitative estimate of drug-likeness (QED) is 0.684. The summed E-state index contributed by atoms with van der Waals surface area (Å²) in [5, 5.41) is 10.3. The molecule has 0 aliphatic rings. The molecule has 120 valence electrons. The van der Waals surface area contributed by atoms with Crippen molar-refractivity contribution >= 4 is 7.60 Å². The fourth-order valence-corrected chi connectivity index (χ4v) is 3.07. The van der Waals surface area contributed by atoms with Crippen LogP contribution < -0.4 is 0 Å². The number of aliphatic hydroxyl groups is 1. The van der Waals surface area contributed by atoms with E-state index in [9.17, 15) is 14.1 Å². The van der Waals surface area contributed by atoms with E-state index in [0.29, 0.717) is 16.7 Å². The normalized spacial score (nSPS) is 12.3. The van der Waals surface area contributed by atoms with Gasteiger partial charge in [0.2, 0.25) is 0 Å². The van der Waals surface area contributed by atoms with Crippen LogP contribution in [-0.4, -0.2) is 19.3 Å². The van der Waals surface area contributed by atoms with Gasteiger partial charge in [0, 0.05) is 30.9 Å². The number of rotatable bonds is 4. The van der Waals surface area contributed by atoms with Crippen molar-refractivity contribution in [3.05, 3.63) is 71.0 Å². The number of aliphatic hydroxyl groups excluding tert-OH is 1. The van der Waals surface area contributed by atoms with E-state index in [1.165, 1.54) is 26.4 Å². The molecule has 0 spiro atoms. The topological polar surface area (TPSA) is 55.8 Å². The van der Waals surface area contributed by atoms with Gasteiger partial charge in [0.1, 0.15) is 5.82 Å². The maximum absolute atomic E-state index is 12.9. The molecule has 2 aromatic rings. The van der Waals surface area contributed by atoms with Crippen molar-refractivity contribution < 1.29 is 23.1 Å². The van der Waals surface area contributed by atoms with Gasteiger partial charge in [0.15, 0.2) is 5.85 Å². The van der Waals surface area contributed by atoms with Crippen LogP contribution in [0.1, 0.15) is 22.5 Å². The Labute approximate surface area is 134 Å². The van der Waals surface area contributed by atoms with Gasteiger partial charge in [-0.25, -0.2) is 4.39 Å². The van der Waals surface area contributed by atoms with E-state index in [4.69, 9.17) is 9.05 Å². The van der Waals surface area contributed by atoms with Gasteiger partial charge in [0.05, 0.1) is 0 Å². The maximum Gasteiger partial charge on any atom is 0.362 e. The van der Waals surface area contributed by atoms with Crippen LogP contribution in [0.5, 0.6) is 0 Å². The fourth-order valence-electron chi connectivity index (χ4n) is 1.95. The summed E-state index contributed by atoms with van der Waals surface area (Å²) in [5.41, 5.74) is 1.45. The van der Waals surface area contributed by atoms with E-state index in [1.54, 1.807) is 36.4 Å². The van der Waals surface area contributed by atoms with E-state index in [2.05, 4.69) is 11.8 Å². The zero-order valence-electron chi connectivity index (χ0n) is 12.7. The third kappa shape index (κ3) is 4.07. The molecule has 0 amide bonds. The molecule has 23 heavy (non-hydrogen) atoms. The third-order valence-electron chi connectivity index (χ3n) is 3.23. The fraction of sp³-hybridized carbons (Fsp3) is 0.176. The van der Waals surface area contributed by atoms with Crippen molar-refractivity contribution in [2.75, 3.05) is 14.2 Å². The van der Waals surface area contributed by atoms with Gasteiger partial charge in [-0.2, -0.15) is 0 Å². The molecule has 0 aromatic heterocycles. The van der Waals surface area contributed by atoms with Crippen molar-refractivity contribution in [1.29, 1.82) is 0 Å².